The molecule has 1 saturated heterocycles. The third kappa shape index (κ3) is 5.42. The van der Waals surface area contributed by atoms with Crippen molar-refractivity contribution in [1.29, 1.82) is 0 Å². The summed E-state index contributed by atoms with van der Waals surface area (Å²) in [6.45, 7) is 7.64. The zero-order valence-corrected chi connectivity index (χ0v) is 15.4. The Morgan fingerprint density at radius 1 is 1.24 bits per heavy atom. The van der Waals surface area contributed by atoms with E-state index in [1.165, 1.54) is 48.9 Å². The Morgan fingerprint density at radius 3 is 2.67 bits per heavy atom. The molecule has 0 saturated carbocycles. The zero-order valence-electron chi connectivity index (χ0n) is 13.2. The number of nitrogens with zero attached hydrogens (tertiary/aromatic N) is 2. The molecule has 0 amide bonds. The molecule has 2 rings (SSSR count). The summed E-state index contributed by atoms with van der Waals surface area (Å²) >= 11 is 2.32. The van der Waals surface area contributed by atoms with Gasteiger partial charge in [-0.3, -0.25) is 0 Å². The summed E-state index contributed by atoms with van der Waals surface area (Å²) in [5.41, 5.74) is 2.01. The summed E-state index contributed by atoms with van der Waals surface area (Å²) in [4.78, 5) is 4.90. The van der Waals surface area contributed by atoms with Gasteiger partial charge < -0.3 is 14.9 Å². The molecule has 0 aliphatic carbocycles. The molecule has 21 heavy (non-hydrogen) atoms. The summed E-state index contributed by atoms with van der Waals surface area (Å²) < 4.78 is 1.19. The van der Waals surface area contributed by atoms with Gasteiger partial charge in [0.05, 0.1) is 0 Å². The van der Waals surface area contributed by atoms with Crippen molar-refractivity contribution in [2.75, 3.05) is 33.2 Å². The number of hydrogen-bond acceptors (Lipinski definition) is 3. The number of phenols is 1. The fraction of sp³-hybridized carbons (Fsp3) is 0.647. The van der Waals surface area contributed by atoms with Crippen molar-refractivity contribution in [3.8, 4) is 5.75 Å². The summed E-state index contributed by atoms with van der Waals surface area (Å²) in [6.07, 6.45) is 5.35. The van der Waals surface area contributed by atoms with E-state index in [1.807, 2.05) is 13.0 Å². The SMILES string of the molecule is Cc1cc(I)cc(CN(C)CCCN2CCCCC2)c1O. The van der Waals surface area contributed by atoms with Gasteiger partial charge in [-0.15, -0.1) is 0 Å². The highest BCUT2D eigenvalue weighted by Gasteiger charge is 2.11. The number of rotatable bonds is 6. The van der Waals surface area contributed by atoms with Crippen LogP contribution in [0.2, 0.25) is 0 Å². The van der Waals surface area contributed by atoms with Crippen molar-refractivity contribution < 1.29 is 5.11 Å². The van der Waals surface area contributed by atoms with E-state index in [-0.39, 0.29) is 0 Å². The molecule has 0 radical (unpaired) electrons. The topological polar surface area (TPSA) is 26.7 Å². The Bertz CT molecular complexity index is 458. The molecule has 1 aliphatic heterocycles. The van der Waals surface area contributed by atoms with Crippen LogP contribution in [0.15, 0.2) is 12.1 Å². The van der Waals surface area contributed by atoms with Gasteiger partial charge in [-0.25, -0.2) is 0 Å². The number of aromatic hydroxyl groups is 1. The predicted molar refractivity (Wildman–Crippen MR) is 96.8 cm³/mol. The average Bonchev–Trinajstić information content (AvgIpc) is 2.45. The monoisotopic (exact) mass is 402 g/mol. The van der Waals surface area contributed by atoms with Gasteiger partial charge in [-0.2, -0.15) is 0 Å². The number of benzene rings is 1. The van der Waals surface area contributed by atoms with Crippen LogP contribution in [0.5, 0.6) is 5.75 Å². The second kappa shape index (κ2) is 8.34. The van der Waals surface area contributed by atoms with E-state index in [0.717, 1.165) is 24.2 Å². The van der Waals surface area contributed by atoms with Gasteiger partial charge in [-0.05, 0) is 99.7 Å². The third-order valence-corrected chi connectivity index (χ3v) is 4.87. The Hall–Kier alpha value is -0.330. The first-order chi connectivity index (χ1) is 10.1. The van der Waals surface area contributed by atoms with E-state index in [9.17, 15) is 5.11 Å². The Kier molecular flexibility index (Phi) is 6.76. The number of likely N-dealkylation sites (tertiary alicyclic amines) is 1. The van der Waals surface area contributed by atoms with Crippen LogP contribution in [0.1, 0.15) is 36.8 Å². The number of hydrogen-bond donors (Lipinski definition) is 1. The first-order valence-corrected chi connectivity index (χ1v) is 9.03. The van der Waals surface area contributed by atoms with Gasteiger partial charge in [0, 0.05) is 15.7 Å². The van der Waals surface area contributed by atoms with Crippen molar-refractivity contribution in [3.63, 3.8) is 0 Å². The maximum atomic E-state index is 10.2. The predicted octanol–water partition coefficient (Wildman–Crippen LogP) is 3.61. The summed E-state index contributed by atoms with van der Waals surface area (Å²) in [6, 6.07) is 4.11. The second-order valence-electron chi connectivity index (χ2n) is 6.22. The minimum atomic E-state index is 0.457. The highest BCUT2D eigenvalue weighted by Crippen LogP contribution is 2.25. The van der Waals surface area contributed by atoms with E-state index in [2.05, 4.69) is 45.5 Å². The maximum Gasteiger partial charge on any atom is 0.123 e. The first-order valence-electron chi connectivity index (χ1n) is 7.95. The number of piperidine rings is 1. The third-order valence-electron chi connectivity index (χ3n) is 4.25. The van der Waals surface area contributed by atoms with Crippen LogP contribution < -0.4 is 0 Å². The lowest BCUT2D eigenvalue weighted by Gasteiger charge is -2.27. The summed E-state index contributed by atoms with van der Waals surface area (Å²) in [7, 11) is 2.14. The van der Waals surface area contributed by atoms with Crippen LogP contribution in [0.3, 0.4) is 0 Å². The lowest BCUT2D eigenvalue weighted by atomic mass is 10.1. The van der Waals surface area contributed by atoms with Crippen molar-refractivity contribution in [2.24, 2.45) is 0 Å². The highest BCUT2D eigenvalue weighted by molar-refractivity contribution is 14.1. The van der Waals surface area contributed by atoms with Crippen molar-refractivity contribution >= 4 is 22.6 Å². The van der Waals surface area contributed by atoms with Gasteiger partial charge in [0.25, 0.3) is 0 Å². The lowest BCUT2D eigenvalue weighted by molar-refractivity contribution is 0.210. The van der Waals surface area contributed by atoms with Gasteiger partial charge in [0.15, 0.2) is 0 Å². The van der Waals surface area contributed by atoms with E-state index >= 15 is 0 Å². The molecule has 1 aromatic carbocycles. The van der Waals surface area contributed by atoms with Gasteiger partial charge in [-0.1, -0.05) is 6.42 Å². The number of halogens is 1. The molecule has 1 fully saturated rings. The van der Waals surface area contributed by atoms with Crippen molar-refractivity contribution in [3.05, 3.63) is 26.8 Å². The van der Waals surface area contributed by atoms with Gasteiger partial charge in [0.1, 0.15) is 5.75 Å². The minimum absolute atomic E-state index is 0.457. The fourth-order valence-corrected chi connectivity index (χ4v) is 3.89. The average molecular weight is 402 g/mol. The molecule has 3 nitrogen and oxygen atoms in total. The molecule has 0 unspecified atom stereocenters. The van der Waals surface area contributed by atoms with Crippen LogP contribution in [0, 0.1) is 10.5 Å². The van der Waals surface area contributed by atoms with Crippen molar-refractivity contribution in [2.45, 2.75) is 39.2 Å². The number of aryl methyl sites for hydroxylation is 1. The molecular formula is C17H27IN2O. The first kappa shape index (κ1) is 17.0. The lowest BCUT2D eigenvalue weighted by Crippen LogP contribution is -2.32. The largest absolute Gasteiger partial charge is 0.507 e. The van der Waals surface area contributed by atoms with E-state index in [0.29, 0.717) is 5.75 Å². The van der Waals surface area contributed by atoms with Crippen LogP contribution in [0.4, 0.5) is 0 Å². The molecule has 118 valence electrons. The van der Waals surface area contributed by atoms with Crippen molar-refractivity contribution in [1.82, 2.24) is 9.80 Å². The normalized spacial score (nSPS) is 16.6. The maximum absolute atomic E-state index is 10.2. The molecule has 1 aromatic rings. The molecule has 0 aromatic heterocycles. The molecule has 1 aliphatic rings. The Labute approximate surface area is 142 Å². The molecule has 0 bridgehead atoms. The standard InChI is InChI=1S/C17H27IN2O/c1-14-11-16(18)12-15(17(14)21)13-19(2)7-6-10-20-8-4-3-5-9-20/h11-12,21H,3-10,13H2,1-2H3. The molecule has 0 spiro atoms. The van der Waals surface area contributed by atoms with Crippen LogP contribution in [-0.4, -0.2) is 48.1 Å². The van der Waals surface area contributed by atoms with E-state index in [1.54, 1.807) is 0 Å². The van der Waals surface area contributed by atoms with E-state index < -0.39 is 0 Å². The molecule has 1 heterocycles. The second-order valence-corrected chi connectivity index (χ2v) is 7.47. The summed E-state index contributed by atoms with van der Waals surface area (Å²) in [5.74, 6) is 0.457. The summed E-state index contributed by atoms with van der Waals surface area (Å²) in [5, 5.41) is 10.2. The molecule has 0 atom stereocenters. The smallest absolute Gasteiger partial charge is 0.123 e. The quantitative estimate of drug-likeness (QED) is 0.737. The van der Waals surface area contributed by atoms with E-state index in [4.69, 9.17) is 0 Å². The Morgan fingerprint density at radius 2 is 1.95 bits per heavy atom. The van der Waals surface area contributed by atoms with Crippen LogP contribution >= 0.6 is 22.6 Å². The van der Waals surface area contributed by atoms with Crippen LogP contribution in [-0.2, 0) is 6.54 Å². The fourth-order valence-electron chi connectivity index (χ4n) is 3.04. The number of phenolic OH excluding ortho intramolecular Hbond substituents is 1. The molecule has 4 heteroatoms. The molecule has 1 N–H and O–H groups in total. The molecular weight excluding hydrogens is 375 g/mol. The van der Waals surface area contributed by atoms with Crippen LogP contribution in [0.25, 0.3) is 0 Å². The van der Waals surface area contributed by atoms with Gasteiger partial charge in [0.2, 0.25) is 0 Å². The Balaban J connectivity index is 1.77. The zero-order chi connectivity index (χ0) is 15.2. The van der Waals surface area contributed by atoms with Gasteiger partial charge >= 0.3 is 0 Å². The minimum Gasteiger partial charge on any atom is -0.507 e. The highest BCUT2D eigenvalue weighted by atomic mass is 127.